The highest BCUT2D eigenvalue weighted by atomic mass is 79.9. The molecule has 2 rings (SSSR count). The largest absolute Gasteiger partial charge is 0.383 e. The summed E-state index contributed by atoms with van der Waals surface area (Å²) in [6, 6.07) is 5.75. The van der Waals surface area contributed by atoms with Gasteiger partial charge in [0, 0.05) is 22.5 Å². The van der Waals surface area contributed by atoms with Crippen LogP contribution in [0.25, 0.3) is 11.3 Å². The minimum absolute atomic E-state index is 0.323. The van der Waals surface area contributed by atoms with Crippen LogP contribution >= 0.6 is 27.5 Å². The fourth-order valence-corrected chi connectivity index (χ4v) is 2.92. The lowest BCUT2D eigenvalue weighted by atomic mass is 10.1. The Hall–Kier alpha value is -1.00. The molecule has 114 valence electrons. The number of anilines is 1. The van der Waals surface area contributed by atoms with Crippen LogP contribution in [0.3, 0.4) is 0 Å². The molecule has 0 aliphatic rings. The summed E-state index contributed by atoms with van der Waals surface area (Å²) in [6.07, 6.45) is 2.22. The Bertz CT molecular complexity index is 635. The minimum Gasteiger partial charge on any atom is -0.383 e. The number of halogens is 2. The van der Waals surface area contributed by atoms with E-state index in [-0.39, 0.29) is 0 Å². The summed E-state index contributed by atoms with van der Waals surface area (Å²) in [7, 11) is 0. The summed E-state index contributed by atoms with van der Waals surface area (Å²) in [5, 5.41) is 0.667. The lowest BCUT2D eigenvalue weighted by Gasteiger charge is -2.11. The molecule has 0 aliphatic carbocycles. The number of hydrogen-bond donors (Lipinski definition) is 1. The van der Waals surface area contributed by atoms with Crippen molar-refractivity contribution >= 4 is 33.3 Å². The van der Waals surface area contributed by atoms with Crippen LogP contribution in [0.15, 0.2) is 22.7 Å². The summed E-state index contributed by atoms with van der Waals surface area (Å²) >= 11 is 9.80. The van der Waals surface area contributed by atoms with E-state index in [2.05, 4.69) is 41.3 Å². The van der Waals surface area contributed by atoms with Crippen molar-refractivity contribution in [1.82, 2.24) is 9.55 Å². The Morgan fingerprint density at radius 3 is 2.71 bits per heavy atom. The topological polar surface area (TPSA) is 43.8 Å². The second kappa shape index (κ2) is 6.84. The molecule has 0 unspecified atom stereocenters. The van der Waals surface area contributed by atoms with Gasteiger partial charge in [0.1, 0.15) is 17.3 Å². The zero-order chi connectivity index (χ0) is 15.6. The summed E-state index contributed by atoms with van der Waals surface area (Å²) in [5.41, 5.74) is 8.01. The van der Waals surface area contributed by atoms with Crippen LogP contribution in [0.5, 0.6) is 0 Å². The number of nitrogens with zero attached hydrogens (tertiary/aromatic N) is 2. The van der Waals surface area contributed by atoms with Gasteiger partial charge in [-0.2, -0.15) is 0 Å². The second-order valence-corrected chi connectivity index (χ2v) is 6.81. The first kappa shape index (κ1) is 16.4. The van der Waals surface area contributed by atoms with Crippen LogP contribution in [-0.4, -0.2) is 9.55 Å². The molecular weight excluding hydrogens is 350 g/mol. The Morgan fingerprint density at radius 2 is 2.10 bits per heavy atom. The Balaban J connectivity index is 2.56. The SMILES string of the molecule is CCCCn1c(C(C)C)nc(-c2cc(Br)ccc2Cl)c1N. The number of imidazole rings is 1. The quantitative estimate of drug-likeness (QED) is 0.758. The van der Waals surface area contributed by atoms with Crippen LogP contribution < -0.4 is 5.73 Å². The molecular formula is C16H21BrClN3. The first-order valence-electron chi connectivity index (χ1n) is 7.27. The van der Waals surface area contributed by atoms with E-state index in [4.69, 9.17) is 22.3 Å². The van der Waals surface area contributed by atoms with Crippen molar-refractivity contribution in [1.29, 1.82) is 0 Å². The molecule has 1 aromatic heterocycles. The van der Waals surface area contributed by atoms with Gasteiger partial charge in [-0.05, 0) is 24.6 Å². The monoisotopic (exact) mass is 369 g/mol. The normalized spacial score (nSPS) is 11.3. The van der Waals surface area contributed by atoms with Gasteiger partial charge in [-0.3, -0.25) is 0 Å². The van der Waals surface area contributed by atoms with Crippen LogP contribution in [-0.2, 0) is 6.54 Å². The molecule has 0 saturated carbocycles. The van der Waals surface area contributed by atoms with Gasteiger partial charge < -0.3 is 10.3 Å². The third kappa shape index (κ3) is 3.43. The predicted octanol–water partition coefficient (Wildman–Crippen LogP) is 5.47. The molecule has 0 saturated heterocycles. The lowest BCUT2D eigenvalue weighted by molar-refractivity contribution is 0.588. The number of hydrogen-bond acceptors (Lipinski definition) is 2. The van der Waals surface area contributed by atoms with Gasteiger partial charge in [0.25, 0.3) is 0 Å². The first-order chi connectivity index (χ1) is 9.95. The maximum Gasteiger partial charge on any atom is 0.131 e. The van der Waals surface area contributed by atoms with Crippen molar-refractivity contribution in [3.05, 3.63) is 33.5 Å². The standard InChI is InChI=1S/C16H21BrClN3/c1-4-5-8-21-15(19)14(20-16(21)10(2)3)12-9-11(17)6-7-13(12)18/h6-7,9-10H,4-5,8,19H2,1-3H3. The zero-order valence-corrected chi connectivity index (χ0v) is 15.0. The van der Waals surface area contributed by atoms with Crippen molar-refractivity contribution in [2.24, 2.45) is 0 Å². The number of nitrogens with two attached hydrogens (primary N) is 1. The van der Waals surface area contributed by atoms with Gasteiger partial charge in [0.2, 0.25) is 0 Å². The number of aromatic nitrogens is 2. The Labute approximate surface area is 139 Å². The Kier molecular flexibility index (Phi) is 5.33. The molecule has 0 radical (unpaired) electrons. The van der Waals surface area contributed by atoms with E-state index in [1.165, 1.54) is 0 Å². The number of rotatable bonds is 5. The van der Waals surface area contributed by atoms with Crippen LogP contribution in [0.1, 0.15) is 45.4 Å². The van der Waals surface area contributed by atoms with Gasteiger partial charge in [-0.25, -0.2) is 4.98 Å². The molecule has 2 aromatic rings. The molecule has 0 fully saturated rings. The predicted molar refractivity (Wildman–Crippen MR) is 93.8 cm³/mol. The molecule has 2 N–H and O–H groups in total. The molecule has 1 heterocycles. The molecule has 3 nitrogen and oxygen atoms in total. The molecule has 0 spiro atoms. The molecule has 5 heteroatoms. The van der Waals surface area contributed by atoms with Gasteiger partial charge in [0.05, 0.1) is 5.02 Å². The zero-order valence-electron chi connectivity index (χ0n) is 12.7. The van der Waals surface area contributed by atoms with Crippen molar-refractivity contribution in [3.8, 4) is 11.3 Å². The molecule has 0 amide bonds. The van der Waals surface area contributed by atoms with Crippen molar-refractivity contribution in [2.75, 3.05) is 5.73 Å². The third-order valence-electron chi connectivity index (χ3n) is 3.47. The average Bonchev–Trinajstić information content (AvgIpc) is 2.76. The van der Waals surface area contributed by atoms with Crippen LogP contribution in [0.2, 0.25) is 5.02 Å². The maximum absolute atomic E-state index is 6.36. The smallest absolute Gasteiger partial charge is 0.131 e. The van der Waals surface area contributed by atoms with Crippen LogP contribution in [0.4, 0.5) is 5.82 Å². The maximum atomic E-state index is 6.36. The molecule has 0 atom stereocenters. The van der Waals surface area contributed by atoms with Crippen molar-refractivity contribution in [2.45, 2.75) is 46.1 Å². The van der Waals surface area contributed by atoms with E-state index in [0.717, 1.165) is 40.9 Å². The van der Waals surface area contributed by atoms with Crippen molar-refractivity contribution < 1.29 is 0 Å². The van der Waals surface area contributed by atoms with E-state index in [0.29, 0.717) is 16.8 Å². The molecule has 1 aromatic carbocycles. The van der Waals surface area contributed by atoms with Gasteiger partial charge >= 0.3 is 0 Å². The fraction of sp³-hybridized carbons (Fsp3) is 0.438. The highest BCUT2D eigenvalue weighted by Crippen LogP contribution is 2.35. The van der Waals surface area contributed by atoms with Gasteiger partial charge in [0.15, 0.2) is 0 Å². The molecule has 0 bridgehead atoms. The highest BCUT2D eigenvalue weighted by Gasteiger charge is 2.19. The van der Waals surface area contributed by atoms with Crippen molar-refractivity contribution in [3.63, 3.8) is 0 Å². The molecule has 21 heavy (non-hydrogen) atoms. The van der Waals surface area contributed by atoms with E-state index < -0.39 is 0 Å². The highest BCUT2D eigenvalue weighted by molar-refractivity contribution is 9.10. The second-order valence-electron chi connectivity index (χ2n) is 5.49. The number of benzene rings is 1. The lowest BCUT2D eigenvalue weighted by Crippen LogP contribution is -2.08. The summed E-state index contributed by atoms with van der Waals surface area (Å²) in [5.74, 6) is 2.04. The van der Waals surface area contributed by atoms with Crippen LogP contribution in [0, 0.1) is 0 Å². The third-order valence-corrected chi connectivity index (χ3v) is 4.29. The summed E-state index contributed by atoms with van der Waals surface area (Å²) in [6.45, 7) is 7.34. The molecule has 0 aliphatic heterocycles. The van der Waals surface area contributed by atoms with E-state index in [9.17, 15) is 0 Å². The van der Waals surface area contributed by atoms with Gasteiger partial charge in [-0.15, -0.1) is 0 Å². The van der Waals surface area contributed by atoms with E-state index >= 15 is 0 Å². The van der Waals surface area contributed by atoms with E-state index in [1.807, 2.05) is 18.2 Å². The Morgan fingerprint density at radius 1 is 1.38 bits per heavy atom. The number of nitrogen functional groups attached to an aromatic ring is 1. The van der Waals surface area contributed by atoms with Gasteiger partial charge in [-0.1, -0.05) is 54.7 Å². The van der Waals surface area contributed by atoms with E-state index in [1.54, 1.807) is 0 Å². The minimum atomic E-state index is 0.323. The first-order valence-corrected chi connectivity index (χ1v) is 8.44. The summed E-state index contributed by atoms with van der Waals surface area (Å²) < 4.78 is 3.09. The number of unbranched alkanes of at least 4 members (excludes halogenated alkanes) is 1. The summed E-state index contributed by atoms with van der Waals surface area (Å²) in [4.78, 5) is 4.77. The average molecular weight is 371 g/mol. The fourth-order valence-electron chi connectivity index (χ4n) is 2.35.